The number of carbonyl (C=O) groups excluding carboxylic acids is 1. The summed E-state index contributed by atoms with van der Waals surface area (Å²) in [4.78, 5) is 32.4. The van der Waals surface area contributed by atoms with Gasteiger partial charge in [0, 0.05) is 60.3 Å². The molecule has 5 rings (SSSR count). The second-order valence-electron chi connectivity index (χ2n) is 9.19. The number of carbonyl (C=O) groups is 1. The highest BCUT2D eigenvalue weighted by Gasteiger charge is 2.65. The summed E-state index contributed by atoms with van der Waals surface area (Å²) < 4.78 is 0. The minimum absolute atomic E-state index is 0.0229. The van der Waals surface area contributed by atoms with E-state index in [9.17, 15) is 4.79 Å². The van der Waals surface area contributed by atoms with Crippen molar-refractivity contribution in [3.05, 3.63) is 40.3 Å². The van der Waals surface area contributed by atoms with E-state index in [4.69, 9.17) is 0 Å². The van der Waals surface area contributed by atoms with Crippen LogP contribution in [0.15, 0.2) is 30.6 Å². The maximum absolute atomic E-state index is 13.6. The van der Waals surface area contributed by atoms with Crippen molar-refractivity contribution in [2.45, 2.75) is 39.7 Å². The average Bonchev–Trinajstić information content (AvgIpc) is 3.42. The van der Waals surface area contributed by atoms with Gasteiger partial charge in [-0.05, 0) is 64.4 Å². The zero-order valence-electron chi connectivity index (χ0n) is 18.0. The maximum atomic E-state index is 13.6. The number of piperidine rings is 1. The molecule has 2 spiro atoms. The highest BCUT2D eigenvalue weighted by atomic mass is 32.1. The summed E-state index contributed by atoms with van der Waals surface area (Å²) in [6, 6.07) is 6.33. The summed E-state index contributed by atoms with van der Waals surface area (Å²) >= 11 is 1.90. The van der Waals surface area contributed by atoms with Crippen LogP contribution in [0.5, 0.6) is 0 Å². The van der Waals surface area contributed by atoms with Crippen molar-refractivity contribution >= 4 is 23.2 Å². The summed E-state index contributed by atoms with van der Waals surface area (Å²) in [5.41, 5.74) is -0.261. The fourth-order valence-electron chi connectivity index (χ4n) is 6.01. The molecule has 0 bridgehead atoms. The number of likely N-dealkylation sites (tertiary alicyclic amines) is 2. The first-order valence-corrected chi connectivity index (χ1v) is 12.0. The molecule has 1 amide bonds. The fourth-order valence-corrected chi connectivity index (χ4v) is 6.94. The zero-order chi connectivity index (χ0) is 20.8. The first-order chi connectivity index (χ1) is 14.6. The van der Waals surface area contributed by atoms with Crippen LogP contribution in [0.3, 0.4) is 0 Å². The van der Waals surface area contributed by atoms with Crippen LogP contribution in [0.2, 0.25) is 0 Å². The Hall–Kier alpha value is -1.99. The summed E-state index contributed by atoms with van der Waals surface area (Å²) in [5, 5.41) is 0. The van der Waals surface area contributed by atoms with E-state index < -0.39 is 0 Å². The van der Waals surface area contributed by atoms with E-state index in [0.29, 0.717) is 5.91 Å². The average molecular weight is 426 g/mol. The number of nitrogens with zero attached hydrogens (tertiary/aromatic N) is 5. The molecule has 30 heavy (non-hydrogen) atoms. The Kier molecular flexibility index (Phi) is 5.06. The van der Waals surface area contributed by atoms with Gasteiger partial charge in [0.15, 0.2) is 0 Å². The van der Waals surface area contributed by atoms with E-state index in [0.717, 1.165) is 71.0 Å². The lowest BCUT2D eigenvalue weighted by Crippen LogP contribution is -2.52. The second-order valence-corrected chi connectivity index (χ2v) is 10.6. The summed E-state index contributed by atoms with van der Waals surface area (Å²) in [6.07, 6.45) is 6.72. The van der Waals surface area contributed by atoms with Crippen molar-refractivity contribution in [3.63, 3.8) is 0 Å². The summed E-state index contributed by atoms with van der Waals surface area (Å²) in [7, 11) is 0. The molecule has 7 heteroatoms. The van der Waals surface area contributed by atoms with Gasteiger partial charge in [-0.2, -0.15) is 0 Å². The fraction of sp³-hybridized carbons (Fsp3) is 0.609. The molecule has 0 N–H and O–H groups in total. The number of thiophene rings is 1. The third-order valence-electron chi connectivity index (χ3n) is 7.68. The van der Waals surface area contributed by atoms with Crippen molar-refractivity contribution < 1.29 is 4.79 Å². The molecule has 160 valence electrons. The molecule has 1 atom stereocenters. The number of aryl methyl sites for hydroxylation is 1. The van der Waals surface area contributed by atoms with Gasteiger partial charge < -0.3 is 9.80 Å². The standard InChI is InChI=1S/C23H31N5OS/c1-3-27-14-9-23(20(27)29)17-28(21-24-10-4-11-25-21)16-22(23)7-12-26(13-8-22)15-19-6-5-18(2)30-19/h4-6,10-11H,3,7-9,12-17H2,1-2H3. The van der Waals surface area contributed by atoms with Crippen LogP contribution in [-0.2, 0) is 11.3 Å². The van der Waals surface area contributed by atoms with Gasteiger partial charge in [0.25, 0.3) is 0 Å². The number of hydrogen-bond acceptors (Lipinski definition) is 6. The Balaban J connectivity index is 1.39. The topological polar surface area (TPSA) is 52.6 Å². The predicted molar refractivity (Wildman–Crippen MR) is 120 cm³/mol. The molecular weight excluding hydrogens is 394 g/mol. The Morgan fingerprint density at radius 3 is 2.47 bits per heavy atom. The van der Waals surface area contributed by atoms with E-state index in [1.807, 2.05) is 17.4 Å². The smallest absolute Gasteiger partial charge is 0.231 e. The van der Waals surface area contributed by atoms with Gasteiger partial charge in [0.05, 0.1) is 5.41 Å². The molecule has 6 nitrogen and oxygen atoms in total. The molecule has 3 saturated heterocycles. The number of fused-ring (bicyclic) bond motifs is 1. The third kappa shape index (κ3) is 3.14. The van der Waals surface area contributed by atoms with Gasteiger partial charge in [-0.15, -0.1) is 11.3 Å². The van der Waals surface area contributed by atoms with Crippen LogP contribution in [0.1, 0.15) is 35.9 Å². The first kappa shape index (κ1) is 19.9. The molecule has 3 aliphatic rings. The largest absolute Gasteiger partial charge is 0.342 e. The highest BCUT2D eigenvalue weighted by Crippen LogP contribution is 2.58. The second kappa shape index (κ2) is 7.61. The molecule has 2 aromatic rings. The van der Waals surface area contributed by atoms with Gasteiger partial charge in [-0.1, -0.05) is 0 Å². The Labute approximate surface area is 182 Å². The third-order valence-corrected chi connectivity index (χ3v) is 8.67. The lowest BCUT2D eigenvalue weighted by Gasteiger charge is -2.46. The van der Waals surface area contributed by atoms with E-state index >= 15 is 0 Å². The zero-order valence-corrected chi connectivity index (χ0v) is 18.8. The van der Waals surface area contributed by atoms with Crippen LogP contribution in [0.4, 0.5) is 5.95 Å². The Bertz CT molecular complexity index is 907. The van der Waals surface area contributed by atoms with Crippen molar-refractivity contribution in [1.29, 1.82) is 0 Å². The summed E-state index contributed by atoms with van der Waals surface area (Å²) in [5.74, 6) is 1.14. The van der Waals surface area contributed by atoms with Gasteiger partial charge in [-0.25, -0.2) is 9.97 Å². The van der Waals surface area contributed by atoms with Gasteiger partial charge in [0.1, 0.15) is 0 Å². The van der Waals surface area contributed by atoms with Crippen LogP contribution in [0, 0.1) is 17.8 Å². The molecule has 0 radical (unpaired) electrons. The molecule has 0 aromatic carbocycles. The molecule has 3 fully saturated rings. The minimum Gasteiger partial charge on any atom is -0.342 e. The number of anilines is 1. The number of hydrogen-bond donors (Lipinski definition) is 0. The van der Waals surface area contributed by atoms with Crippen molar-refractivity contribution in [2.24, 2.45) is 10.8 Å². The molecule has 3 aliphatic heterocycles. The molecular formula is C23H31N5OS. The van der Waals surface area contributed by atoms with Gasteiger partial charge in [0.2, 0.25) is 11.9 Å². The molecule has 0 aliphatic carbocycles. The Morgan fingerprint density at radius 2 is 1.83 bits per heavy atom. The maximum Gasteiger partial charge on any atom is 0.231 e. The molecule has 0 saturated carbocycles. The van der Waals surface area contributed by atoms with E-state index in [2.05, 4.69) is 50.6 Å². The van der Waals surface area contributed by atoms with Gasteiger partial charge in [-0.3, -0.25) is 9.69 Å². The minimum atomic E-state index is -0.284. The molecule has 1 unspecified atom stereocenters. The van der Waals surface area contributed by atoms with E-state index in [-0.39, 0.29) is 10.8 Å². The lowest BCUT2D eigenvalue weighted by atomic mass is 9.60. The van der Waals surface area contributed by atoms with Crippen LogP contribution >= 0.6 is 11.3 Å². The van der Waals surface area contributed by atoms with Crippen LogP contribution in [-0.4, -0.2) is 64.9 Å². The predicted octanol–water partition coefficient (Wildman–Crippen LogP) is 3.19. The monoisotopic (exact) mass is 425 g/mol. The lowest BCUT2D eigenvalue weighted by molar-refractivity contribution is -0.142. The number of aromatic nitrogens is 2. The van der Waals surface area contributed by atoms with Crippen molar-refractivity contribution in [3.8, 4) is 0 Å². The quantitative estimate of drug-likeness (QED) is 0.753. The summed E-state index contributed by atoms with van der Waals surface area (Å²) in [6.45, 7) is 10.8. The normalized spacial score (nSPS) is 26.4. The SMILES string of the molecule is CCN1CCC2(CN(c3ncccn3)CC23CCN(Cc2ccc(C)s2)CC3)C1=O. The van der Waals surface area contributed by atoms with Crippen molar-refractivity contribution in [2.75, 3.05) is 44.2 Å². The molecule has 5 heterocycles. The van der Waals surface area contributed by atoms with E-state index in [1.165, 1.54) is 9.75 Å². The number of amides is 1. The number of rotatable bonds is 4. The van der Waals surface area contributed by atoms with Crippen LogP contribution < -0.4 is 4.90 Å². The van der Waals surface area contributed by atoms with E-state index in [1.54, 1.807) is 12.4 Å². The Morgan fingerprint density at radius 1 is 1.07 bits per heavy atom. The highest BCUT2D eigenvalue weighted by molar-refractivity contribution is 7.11. The molecule has 2 aromatic heterocycles. The van der Waals surface area contributed by atoms with Crippen LogP contribution in [0.25, 0.3) is 0 Å². The van der Waals surface area contributed by atoms with Gasteiger partial charge >= 0.3 is 0 Å². The van der Waals surface area contributed by atoms with Crippen molar-refractivity contribution in [1.82, 2.24) is 19.8 Å². The first-order valence-electron chi connectivity index (χ1n) is 11.1.